The summed E-state index contributed by atoms with van der Waals surface area (Å²) in [6.07, 6.45) is 0. The standard InChI is InChI=1S/B.FH.GeH4.H2O/h;1H;1H4;1H2. The van der Waals surface area contributed by atoms with Crippen molar-refractivity contribution in [2.24, 2.45) is 0 Å². The predicted octanol–water partition coefficient (Wildman–Crippen LogP) is -2.50. The van der Waals surface area contributed by atoms with Gasteiger partial charge in [-0.1, -0.05) is 0 Å². The van der Waals surface area contributed by atoms with Crippen molar-refractivity contribution in [2.45, 2.75) is 0 Å². The van der Waals surface area contributed by atoms with Gasteiger partial charge in [0, 0.05) is 8.41 Å². The van der Waals surface area contributed by atoms with Crippen LogP contribution >= 0.6 is 0 Å². The summed E-state index contributed by atoms with van der Waals surface area (Å²) in [5.41, 5.74) is 0. The molecule has 0 spiro atoms. The van der Waals surface area contributed by atoms with Crippen LogP contribution in [0.1, 0.15) is 0 Å². The third-order valence-electron chi connectivity index (χ3n) is 0. The Morgan fingerprint density at radius 3 is 1.00 bits per heavy atom. The summed E-state index contributed by atoms with van der Waals surface area (Å²) in [7, 11) is 0. The van der Waals surface area contributed by atoms with Gasteiger partial charge in [-0.3, -0.25) is 4.70 Å². The Morgan fingerprint density at radius 2 is 1.00 bits per heavy atom. The third-order valence-corrected chi connectivity index (χ3v) is 0. The first-order valence-electron chi connectivity index (χ1n) is 0. The molecule has 4 heavy (non-hydrogen) atoms. The number of hydrogen-bond donors (Lipinski definition) is 0. The van der Waals surface area contributed by atoms with Crippen LogP contribution in [0.5, 0.6) is 0 Å². The van der Waals surface area contributed by atoms with Crippen LogP contribution in [-0.4, -0.2) is 31.5 Å². The Hall–Kier alpha value is 0.498. The molecule has 3 radical (unpaired) electrons. The molecule has 0 aliphatic rings. The zero-order valence-corrected chi connectivity index (χ0v) is 1.49. The van der Waals surface area contributed by atoms with Crippen LogP contribution in [0, 0.1) is 0 Å². The minimum absolute atomic E-state index is 0. The van der Waals surface area contributed by atoms with E-state index in [-0.39, 0.29) is 36.2 Å². The van der Waals surface area contributed by atoms with Gasteiger partial charge in [0.25, 0.3) is 0 Å². The van der Waals surface area contributed by atoms with Crippen LogP contribution < -0.4 is 0 Å². The van der Waals surface area contributed by atoms with Crippen LogP contribution in [0.3, 0.4) is 0 Å². The van der Waals surface area contributed by atoms with Crippen molar-refractivity contribution in [1.29, 1.82) is 0 Å². The van der Waals surface area contributed by atoms with Gasteiger partial charge in [-0.25, -0.2) is 0 Å². The van der Waals surface area contributed by atoms with E-state index >= 15 is 0 Å². The summed E-state index contributed by atoms with van der Waals surface area (Å²) in [5, 5.41) is 0. The Balaban J connectivity index is 0. The van der Waals surface area contributed by atoms with Crippen LogP contribution in [0.15, 0.2) is 0 Å². The summed E-state index contributed by atoms with van der Waals surface area (Å²) in [5.74, 6) is 0. The van der Waals surface area contributed by atoms with Crippen LogP contribution in [0.2, 0.25) is 0 Å². The van der Waals surface area contributed by atoms with E-state index in [9.17, 15) is 0 Å². The predicted molar refractivity (Wildman–Crippen MR) is 23.2 cm³/mol. The minimum atomic E-state index is 0. The molecule has 0 unspecified atom stereocenters. The second-order valence-electron chi connectivity index (χ2n) is 0. The Labute approximate surface area is 37.0 Å². The van der Waals surface area contributed by atoms with Crippen LogP contribution in [-0.2, 0) is 0 Å². The Bertz CT molecular complexity index is 8.00. The van der Waals surface area contributed by atoms with Crippen molar-refractivity contribution in [1.82, 2.24) is 0 Å². The molecule has 0 aromatic carbocycles. The quantitative estimate of drug-likeness (QED) is 0.321. The van der Waals surface area contributed by atoms with Crippen molar-refractivity contribution in [3.8, 4) is 0 Å². The molecule has 2 N–H and O–H groups in total. The summed E-state index contributed by atoms with van der Waals surface area (Å²) in [4.78, 5) is 0. The average Bonchev–Trinajstić information content (AvgIpc) is 0. The van der Waals surface area contributed by atoms with Crippen molar-refractivity contribution in [3.05, 3.63) is 0 Å². The SMILES string of the molecule is F.O.[B].[GeH4]. The second kappa shape index (κ2) is 88.1. The zero-order valence-electron chi connectivity index (χ0n) is 1.49. The van der Waals surface area contributed by atoms with Crippen molar-refractivity contribution in [3.63, 3.8) is 0 Å². The maximum absolute atomic E-state index is 0. The van der Waals surface area contributed by atoms with Gasteiger partial charge in [-0.2, -0.15) is 0 Å². The van der Waals surface area contributed by atoms with Gasteiger partial charge in [-0.05, 0) is 0 Å². The first-order valence-corrected chi connectivity index (χ1v) is 0. The van der Waals surface area contributed by atoms with Gasteiger partial charge in [0.05, 0.1) is 0 Å². The zero-order chi connectivity index (χ0) is 0. The number of hydrogen-bond acceptors (Lipinski definition) is 0. The molecule has 27 valence electrons. The van der Waals surface area contributed by atoms with E-state index in [1.807, 2.05) is 0 Å². The van der Waals surface area contributed by atoms with Gasteiger partial charge in [0.1, 0.15) is 0 Å². The fourth-order valence-electron chi connectivity index (χ4n) is 0. The fraction of sp³-hybridized carbons (Fsp3) is 0. The first kappa shape index (κ1) is 222. The summed E-state index contributed by atoms with van der Waals surface area (Å²) in [6, 6.07) is 0. The molecule has 0 aliphatic carbocycles. The molecule has 0 fully saturated rings. The average molecular weight is 125 g/mol. The summed E-state index contributed by atoms with van der Waals surface area (Å²) >= 11 is 0. The molecule has 0 saturated heterocycles. The van der Waals surface area contributed by atoms with Crippen LogP contribution in [0.4, 0.5) is 4.70 Å². The molecule has 0 saturated carbocycles. The van der Waals surface area contributed by atoms with Crippen molar-refractivity contribution >= 4 is 26.0 Å². The molecule has 0 amide bonds. The molecular weight excluding hydrogens is 118 g/mol. The molecule has 4 heteroatoms. The van der Waals surface area contributed by atoms with Crippen molar-refractivity contribution in [2.75, 3.05) is 0 Å². The fourth-order valence-corrected chi connectivity index (χ4v) is 0. The first-order chi connectivity index (χ1) is 0. The third kappa shape index (κ3) is 22.6. The van der Waals surface area contributed by atoms with Crippen molar-refractivity contribution < 1.29 is 10.2 Å². The molecule has 0 aromatic heterocycles. The Morgan fingerprint density at radius 1 is 1.00 bits per heavy atom. The van der Waals surface area contributed by atoms with Gasteiger partial charge < -0.3 is 5.48 Å². The molecule has 0 aromatic rings. The molecule has 0 rings (SSSR count). The molecular formula is H7BFGeO. The Kier molecular flexibility index (Phi) is 4890. The maximum atomic E-state index is 0. The van der Waals surface area contributed by atoms with E-state index in [0.717, 1.165) is 0 Å². The van der Waals surface area contributed by atoms with Gasteiger partial charge in [0.2, 0.25) is 0 Å². The van der Waals surface area contributed by atoms with Gasteiger partial charge in [0.15, 0.2) is 0 Å². The van der Waals surface area contributed by atoms with Gasteiger partial charge in [-0.15, -0.1) is 0 Å². The van der Waals surface area contributed by atoms with E-state index in [1.165, 1.54) is 0 Å². The van der Waals surface area contributed by atoms with E-state index in [2.05, 4.69) is 0 Å². The van der Waals surface area contributed by atoms with E-state index in [1.54, 1.807) is 0 Å². The molecule has 0 aliphatic heterocycles. The van der Waals surface area contributed by atoms with Gasteiger partial charge >= 0.3 is 17.6 Å². The normalized spacial score (nSPS) is 0. The number of halogens is 1. The number of rotatable bonds is 0. The van der Waals surface area contributed by atoms with Crippen LogP contribution in [0.25, 0.3) is 0 Å². The molecule has 0 bridgehead atoms. The van der Waals surface area contributed by atoms with E-state index in [0.29, 0.717) is 0 Å². The summed E-state index contributed by atoms with van der Waals surface area (Å²) < 4.78 is 0. The topological polar surface area (TPSA) is 31.5 Å². The monoisotopic (exact) mass is 127 g/mol. The second-order valence-corrected chi connectivity index (χ2v) is 0. The molecule has 0 heterocycles. The van der Waals surface area contributed by atoms with E-state index in [4.69, 9.17) is 0 Å². The summed E-state index contributed by atoms with van der Waals surface area (Å²) in [6.45, 7) is 0. The molecule has 1 nitrogen and oxygen atoms in total. The molecule has 0 atom stereocenters. The van der Waals surface area contributed by atoms with E-state index < -0.39 is 0 Å².